The highest BCUT2D eigenvalue weighted by Crippen LogP contribution is 2.28. The highest BCUT2D eigenvalue weighted by atomic mass is 79.9. The number of hydrogen-bond acceptors (Lipinski definition) is 4. The summed E-state index contributed by atoms with van der Waals surface area (Å²) >= 11 is 2.96. The van der Waals surface area contributed by atoms with Gasteiger partial charge >= 0.3 is 0 Å². The maximum atomic E-state index is 13.3. The van der Waals surface area contributed by atoms with Crippen LogP contribution in [0, 0.1) is 5.82 Å². The van der Waals surface area contributed by atoms with Gasteiger partial charge in [-0.3, -0.25) is 0 Å². The zero-order chi connectivity index (χ0) is 14.6. The first-order chi connectivity index (χ1) is 8.84. The van der Waals surface area contributed by atoms with E-state index in [0.29, 0.717) is 0 Å². The Kier molecular flexibility index (Phi) is 5.72. The monoisotopic (exact) mass is 354 g/mol. The van der Waals surface area contributed by atoms with Crippen molar-refractivity contribution in [2.75, 3.05) is 32.5 Å². The minimum Gasteiger partial charge on any atom is -0.398 e. The van der Waals surface area contributed by atoms with Gasteiger partial charge in [-0.25, -0.2) is 12.8 Å². The minimum atomic E-state index is -3.76. The second-order valence-corrected chi connectivity index (χ2v) is 6.55. The molecule has 8 heteroatoms. The summed E-state index contributed by atoms with van der Waals surface area (Å²) in [6.07, 6.45) is 0. The molecule has 5 nitrogen and oxygen atoms in total. The fraction of sp³-hybridized carbons (Fsp3) is 0.455. The van der Waals surface area contributed by atoms with E-state index >= 15 is 0 Å². The molecule has 0 fully saturated rings. The maximum absolute atomic E-state index is 13.3. The molecule has 0 saturated carbocycles. The molecule has 108 valence electrons. The van der Waals surface area contributed by atoms with Crippen molar-refractivity contribution in [1.82, 2.24) is 4.31 Å². The van der Waals surface area contributed by atoms with Crippen LogP contribution in [0.3, 0.4) is 0 Å². The maximum Gasteiger partial charge on any atom is 0.245 e. The SMILES string of the molecule is CCN(CCOC)S(=O)(=O)c1cc(Br)c(F)cc1N. The van der Waals surface area contributed by atoms with Gasteiger partial charge in [0.15, 0.2) is 0 Å². The van der Waals surface area contributed by atoms with Gasteiger partial charge in [-0.15, -0.1) is 0 Å². The molecule has 0 amide bonds. The molecule has 0 atom stereocenters. The zero-order valence-corrected chi connectivity index (χ0v) is 13.1. The highest BCUT2D eigenvalue weighted by Gasteiger charge is 2.26. The lowest BCUT2D eigenvalue weighted by atomic mass is 10.3. The van der Waals surface area contributed by atoms with E-state index in [4.69, 9.17) is 10.5 Å². The Morgan fingerprint density at radius 2 is 2.11 bits per heavy atom. The Bertz CT molecular complexity index is 551. The van der Waals surface area contributed by atoms with Gasteiger partial charge in [0.25, 0.3) is 0 Å². The number of nitrogens with zero attached hydrogens (tertiary/aromatic N) is 1. The van der Waals surface area contributed by atoms with Crippen LogP contribution in [0.4, 0.5) is 10.1 Å². The van der Waals surface area contributed by atoms with E-state index in [-0.39, 0.29) is 34.8 Å². The second-order valence-electron chi connectivity index (χ2n) is 3.79. The fourth-order valence-corrected chi connectivity index (χ4v) is 3.60. The van der Waals surface area contributed by atoms with Crippen LogP contribution in [0.15, 0.2) is 21.5 Å². The Morgan fingerprint density at radius 3 is 2.63 bits per heavy atom. The van der Waals surface area contributed by atoms with Crippen molar-refractivity contribution >= 4 is 31.6 Å². The smallest absolute Gasteiger partial charge is 0.245 e. The van der Waals surface area contributed by atoms with Crippen LogP contribution in [0.5, 0.6) is 0 Å². The minimum absolute atomic E-state index is 0.0584. The summed E-state index contributed by atoms with van der Waals surface area (Å²) in [4.78, 5) is -0.112. The van der Waals surface area contributed by atoms with E-state index in [1.165, 1.54) is 17.5 Å². The molecule has 0 aromatic heterocycles. The van der Waals surface area contributed by atoms with Crippen LogP contribution in [0.25, 0.3) is 0 Å². The quantitative estimate of drug-likeness (QED) is 0.791. The lowest BCUT2D eigenvalue weighted by Gasteiger charge is -2.21. The molecule has 2 N–H and O–H groups in total. The molecule has 19 heavy (non-hydrogen) atoms. The van der Waals surface area contributed by atoms with Gasteiger partial charge in [0.2, 0.25) is 10.0 Å². The zero-order valence-electron chi connectivity index (χ0n) is 10.7. The average molecular weight is 355 g/mol. The fourth-order valence-electron chi connectivity index (χ4n) is 1.55. The second kappa shape index (κ2) is 6.65. The largest absolute Gasteiger partial charge is 0.398 e. The number of nitrogen functional groups attached to an aromatic ring is 1. The van der Waals surface area contributed by atoms with E-state index in [1.54, 1.807) is 6.92 Å². The number of rotatable bonds is 6. The number of benzene rings is 1. The predicted molar refractivity (Wildman–Crippen MR) is 74.8 cm³/mol. The number of sulfonamides is 1. The molecular weight excluding hydrogens is 339 g/mol. The lowest BCUT2D eigenvalue weighted by Crippen LogP contribution is -2.34. The molecule has 1 aromatic rings. The van der Waals surface area contributed by atoms with Crippen molar-refractivity contribution < 1.29 is 17.5 Å². The molecule has 0 aliphatic rings. The molecule has 0 aliphatic carbocycles. The van der Waals surface area contributed by atoms with Gasteiger partial charge < -0.3 is 10.5 Å². The first-order valence-electron chi connectivity index (χ1n) is 5.58. The van der Waals surface area contributed by atoms with Crippen molar-refractivity contribution in [3.05, 3.63) is 22.4 Å². The molecule has 0 unspecified atom stereocenters. The lowest BCUT2D eigenvalue weighted by molar-refractivity contribution is 0.180. The Morgan fingerprint density at radius 1 is 1.47 bits per heavy atom. The number of methoxy groups -OCH3 is 1. The first-order valence-corrected chi connectivity index (χ1v) is 7.81. The van der Waals surface area contributed by atoms with E-state index in [0.717, 1.165) is 6.07 Å². The normalized spacial score (nSPS) is 12.1. The van der Waals surface area contributed by atoms with Crippen LogP contribution < -0.4 is 5.73 Å². The van der Waals surface area contributed by atoms with Crippen LogP contribution in [0.1, 0.15) is 6.92 Å². The van der Waals surface area contributed by atoms with Gasteiger partial charge in [-0.05, 0) is 28.1 Å². The Hall–Kier alpha value is -0.700. The number of ether oxygens (including phenoxy) is 1. The van der Waals surface area contributed by atoms with Gasteiger partial charge in [-0.1, -0.05) is 6.92 Å². The number of anilines is 1. The van der Waals surface area contributed by atoms with Crippen LogP contribution >= 0.6 is 15.9 Å². The summed E-state index contributed by atoms with van der Waals surface area (Å²) in [6, 6.07) is 2.16. The molecule has 0 saturated heterocycles. The number of likely N-dealkylation sites (N-methyl/N-ethyl adjacent to an activating group) is 1. The van der Waals surface area contributed by atoms with Crippen LogP contribution in [-0.4, -0.2) is 39.5 Å². The summed E-state index contributed by atoms with van der Waals surface area (Å²) in [7, 11) is -2.27. The molecule has 1 aromatic carbocycles. The molecule has 0 aliphatic heterocycles. The van der Waals surface area contributed by atoms with E-state index < -0.39 is 15.8 Å². The van der Waals surface area contributed by atoms with Crippen LogP contribution in [0.2, 0.25) is 0 Å². The molecular formula is C11H16BrFN2O3S. The topological polar surface area (TPSA) is 72.6 Å². The first kappa shape index (κ1) is 16.4. The van der Waals surface area contributed by atoms with Crippen molar-refractivity contribution in [2.24, 2.45) is 0 Å². The molecule has 1 rings (SSSR count). The van der Waals surface area contributed by atoms with E-state index in [9.17, 15) is 12.8 Å². The average Bonchev–Trinajstić information content (AvgIpc) is 2.34. The molecule has 0 bridgehead atoms. The Labute approximate surface area is 120 Å². The number of nitrogens with two attached hydrogens (primary N) is 1. The third kappa shape index (κ3) is 3.65. The summed E-state index contributed by atoms with van der Waals surface area (Å²) in [5, 5.41) is 0. The summed E-state index contributed by atoms with van der Waals surface area (Å²) in [6.45, 7) is 2.47. The van der Waals surface area contributed by atoms with Crippen molar-refractivity contribution in [2.45, 2.75) is 11.8 Å². The standard InChI is InChI=1S/C11H16BrFN2O3S/c1-3-15(4-5-18-2)19(16,17)11-6-8(12)9(13)7-10(11)14/h6-7H,3-5,14H2,1-2H3. The Balaban J connectivity index is 3.22. The number of hydrogen-bond donors (Lipinski definition) is 1. The van der Waals surface area contributed by atoms with E-state index in [2.05, 4.69) is 15.9 Å². The van der Waals surface area contributed by atoms with E-state index in [1.807, 2.05) is 0 Å². The van der Waals surface area contributed by atoms with Crippen molar-refractivity contribution in [3.63, 3.8) is 0 Å². The van der Waals surface area contributed by atoms with Crippen LogP contribution in [-0.2, 0) is 14.8 Å². The van der Waals surface area contributed by atoms with Gasteiger partial charge in [0.05, 0.1) is 16.8 Å². The number of halogens is 2. The third-order valence-corrected chi connectivity index (χ3v) is 5.21. The van der Waals surface area contributed by atoms with Crippen molar-refractivity contribution in [1.29, 1.82) is 0 Å². The molecule has 0 heterocycles. The summed E-state index contributed by atoms with van der Waals surface area (Å²) in [5.74, 6) is -0.601. The highest BCUT2D eigenvalue weighted by molar-refractivity contribution is 9.10. The molecule has 0 radical (unpaired) electrons. The van der Waals surface area contributed by atoms with Gasteiger partial charge in [0, 0.05) is 20.2 Å². The summed E-state index contributed by atoms with van der Waals surface area (Å²) < 4.78 is 44.2. The summed E-state index contributed by atoms with van der Waals surface area (Å²) in [5.41, 5.74) is 5.49. The van der Waals surface area contributed by atoms with Gasteiger partial charge in [-0.2, -0.15) is 4.31 Å². The van der Waals surface area contributed by atoms with Gasteiger partial charge in [0.1, 0.15) is 10.7 Å². The third-order valence-electron chi connectivity index (χ3n) is 2.57. The predicted octanol–water partition coefficient (Wildman–Crippen LogP) is 1.83. The van der Waals surface area contributed by atoms with Crippen molar-refractivity contribution in [3.8, 4) is 0 Å². The molecule has 0 spiro atoms.